The normalized spacial score (nSPS) is 14.2. The SMILES string of the molecule is N=C1N=C(N)c2ccc(O)c(O)c21. The standard InChI is InChI=1S/C8H7N3O2/c9-7-3-1-2-4(12)6(13)5(3)8(10)11-7/h1-2,12-13H,(H3,9,10,11). The first-order valence-electron chi connectivity index (χ1n) is 3.59. The summed E-state index contributed by atoms with van der Waals surface area (Å²) in [6.45, 7) is 0. The molecule has 66 valence electrons. The molecule has 1 aliphatic heterocycles. The molecule has 2 rings (SSSR count). The van der Waals surface area contributed by atoms with E-state index >= 15 is 0 Å². The van der Waals surface area contributed by atoms with Gasteiger partial charge in [0.05, 0.1) is 5.56 Å². The van der Waals surface area contributed by atoms with Gasteiger partial charge in [0.25, 0.3) is 0 Å². The maximum absolute atomic E-state index is 9.39. The molecule has 0 aliphatic carbocycles. The van der Waals surface area contributed by atoms with Crippen molar-refractivity contribution >= 4 is 11.7 Å². The highest BCUT2D eigenvalue weighted by Gasteiger charge is 2.23. The summed E-state index contributed by atoms with van der Waals surface area (Å²) in [5.74, 6) is -0.545. The zero-order chi connectivity index (χ0) is 9.59. The van der Waals surface area contributed by atoms with Crippen molar-refractivity contribution in [1.29, 1.82) is 5.41 Å². The Morgan fingerprint density at radius 2 is 2.00 bits per heavy atom. The van der Waals surface area contributed by atoms with Crippen LogP contribution >= 0.6 is 0 Å². The minimum atomic E-state index is -0.341. The molecule has 0 bridgehead atoms. The van der Waals surface area contributed by atoms with Crippen LogP contribution in [-0.4, -0.2) is 21.9 Å². The van der Waals surface area contributed by atoms with Crippen molar-refractivity contribution in [1.82, 2.24) is 0 Å². The van der Waals surface area contributed by atoms with Crippen LogP contribution in [-0.2, 0) is 0 Å². The third kappa shape index (κ3) is 0.868. The van der Waals surface area contributed by atoms with E-state index in [0.717, 1.165) is 0 Å². The number of phenols is 2. The molecule has 5 heteroatoms. The van der Waals surface area contributed by atoms with Gasteiger partial charge in [-0.1, -0.05) is 0 Å². The molecule has 5 N–H and O–H groups in total. The number of aromatic hydroxyl groups is 2. The zero-order valence-electron chi connectivity index (χ0n) is 6.57. The van der Waals surface area contributed by atoms with Crippen LogP contribution in [0.2, 0.25) is 0 Å². The van der Waals surface area contributed by atoms with E-state index in [9.17, 15) is 5.11 Å². The van der Waals surface area contributed by atoms with E-state index in [0.29, 0.717) is 5.56 Å². The summed E-state index contributed by atoms with van der Waals surface area (Å²) in [4.78, 5) is 3.67. The van der Waals surface area contributed by atoms with Crippen LogP contribution in [0.15, 0.2) is 17.1 Å². The highest BCUT2D eigenvalue weighted by molar-refractivity contribution is 6.22. The molecule has 1 aromatic carbocycles. The topological polar surface area (TPSA) is 103 Å². The molecule has 0 aromatic heterocycles. The Labute approximate surface area is 73.7 Å². The maximum atomic E-state index is 9.39. The predicted octanol–water partition coefficient (Wildman–Crippen LogP) is 0.142. The van der Waals surface area contributed by atoms with Crippen LogP contribution < -0.4 is 5.73 Å². The number of nitrogens with zero attached hydrogens (tertiary/aromatic N) is 1. The highest BCUT2D eigenvalue weighted by Crippen LogP contribution is 2.34. The second kappa shape index (κ2) is 2.22. The molecule has 0 saturated carbocycles. The van der Waals surface area contributed by atoms with Gasteiger partial charge in [0.15, 0.2) is 17.3 Å². The fourth-order valence-corrected chi connectivity index (χ4v) is 1.27. The quantitative estimate of drug-likeness (QED) is 0.424. The van der Waals surface area contributed by atoms with Gasteiger partial charge in [-0.15, -0.1) is 0 Å². The van der Waals surface area contributed by atoms with Crippen LogP contribution in [0.1, 0.15) is 11.1 Å². The molecular weight excluding hydrogens is 170 g/mol. The van der Waals surface area contributed by atoms with Gasteiger partial charge in [-0.05, 0) is 12.1 Å². The van der Waals surface area contributed by atoms with Crippen molar-refractivity contribution in [2.24, 2.45) is 10.7 Å². The van der Waals surface area contributed by atoms with E-state index in [2.05, 4.69) is 4.99 Å². The van der Waals surface area contributed by atoms with E-state index in [1.54, 1.807) is 0 Å². The number of nitrogens with two attached hydrogens (primary N) is 1. The first-order valence-corrected chi connectivity index (χ1v) is 3.59. The monoisotopic (exact) mass is 177 g/mol. The summed E-state index contributed by atoms with van der Waals surface area (Å²) >= 11 is 0. The molecule has 0 fully saturated rings. The fraction of sp³-hybridized carbons (Fsp3) is 0. The number of nitrogens with one attached hydrogen (secondary N) is 1. The number of rotatable bonds is 0. The van der Waals surface area contributed by atoms with Crippen LogP contribution in [0, 0.1) is 5.41 Å². The third-order valence-electron chi connectivity index (χ3n) is 1.90. The largest absolute Gasteiger partial charge is 0.504 e. The minimum Gasteiger partial charge on any atom is -0.504 e. The van der Waals surface area contributed by atoms with E-state index in [4.69, 9.17) is 16.2 Å². The lowest BCUT2D eigenvalue weighted by molar-refractivity contribution is 0.403. The predicted molar refractivity (Wildman–Crippen MR) is 47.3 cm³/mol. The molecule has 0 saturated heterocycles. The van der Waals surface area contributed by atoms with Gasteiger partial charge in [0.1, 0.15) is 5.84 Å². The number of fused-ring (bicyclic) bond motifs is 1. The molecule has 1 heterocycles. The molecule has 1 aromatic rings. The number of amidine groups is 2. The lowest BCUT2D eigenvalue weighted by Gasteiger charge is -2.03. The van der Waals surface area contributed by atoms with Crippen molar-refractivity contribution in [2.75, 3.05) is 0 Å². The second-order valence-electron chi connectivity index (χ2n) is 2.70. The maximum Gasteiger partial charge on any atom is 0.169 e. The van der Waals surface area contributed by atoms with Gasteiger partial charge in [-0.25, -0.2) is 4.99 Å². The smallest absolute Gasteiger partial charge is 0.169 e. The summed E-state index contributed by atoms with van der Waals surface area (Å²) in [7, 11) is 0. The summed E-state index contributed by atoms with van der Waals surface area (Å²) in [5, 5.41) is 25.9. The molecule has 0 radical (unpaired) electrons. The highest BCUT2D eigenvalue weighted by atomic mass is 16.3. The molecule has 5 nitrogen and oxygen atoms in total. The van der Waals surface area contributed by atoms with Crippen molar-refractivity contribution in [3.63, 3.8) is 0 Å². The number of benzene rings is 1. The van der Waals surface area contributed by atoms with Crippen molar-refractivity contribution in [3.05, 3.63) is 23.3 Å². The number of hydrogen-bond acceptors (Lipinski definition) is 4. The molecule has 1 aliphatic rings. The van der Waals surface area contributed by atoms with Gasteiger partial charge in [-0.2, -0.15) is 0 Å². The lowest BCUT2D eigenvalue weighted by Crippen LogP contribution is -2.09. The first-order chi connectivity index (χ1) is 6.11. The number of aliphatic imine (C=N–C) groups is 1. The Hall–Kier alpha value is -2.04. The van der Waals surface area contributed by atoms with Gasteiger partial charge in [0, 0.05) is 5.56 Å². The number of hydrogen-bond donors (Lipinski definition) is 4. The van der Waals surface area contributed by atoms with E-state index in [1.165, 1.54) is 12.1 Å². The number of phenolic OH excluding ortho intramolecular Hbond substituents is 2. The van der Waals surface area contributed by atoms with Gasteiger partial charge < -0.3 is 15.9 Å². The average Bonchev–Trinajstić information content (AvgIpc) is 2.35. The molecule has 0 atom stereocenters. The van der Waals surface area contributed by atoms with Crippen molar-refractivity contribution < 1.29 is 10.2 Å². The first kappa shape index (κ1) is 7.60. The van der Waals surface area contributed by atoms with E-state index in [1.807, 2.05) is 0 Å². The Morgan fingerprint density at radius 3 is 2.69 bits per heavy atom. The summed E-state index contributed by atoms with van der Waals surface area (Å²) in [6.07, 6.45) is 0. The van der Waals surface area contributed by atoms with Gasteiger partial charge in [-0.3, -0.25) is 5.41 Å². The second-order valence-corrected chi connectivity index (χ2v) is 2.70. The van der Waals surface area contributed by atoms with Crippen LogP contribution in [0.3, 0.4) is 0 Å². The Bertz CT molecular complexity index is 437. The van der Waals surface area contributed by atoms with Crippen LogP contribution in [0.25, 0.3) is 0 Å². The molecule has 0 unspecified atom stereocenters. The Kier molecular flexibility index (Phi) is 1.30. The molecule has 13 heavy (non-hydrogen) atoms. The lowest BCUT2D eigenvalue weighted by atomic mass is 10.1. The fourth-order valence-electron chi connectivity index (χ4n) is 1.27. The zero-order valence-corrected chi connectivity index (χ0v) is 6.57. The Morgan fingerprint density at radius 1 is 1.31 bits per heavy atom. The average molecular weight is 177 g/mol. The van der Waals surface area contributed by atoms with Gasteiger partial charge in [0.2, 0.25) is 0 Å². The van der Waals surface area contributed by atoms with E-state index in [-0.39, 0.29) is 28.7 Å². The van der Waals surface area contributed by atoms with Gasteiger partial charge >= 0.3 is 0 Å². The summed E-state index contributed by atoms with van der Waals surface area (Å²) in [5.41, 5.74) is 6.15. The third-order valence-corrected chi connectivity index (χ3v) is 1.90. The van der Waals surface area contributed by atoms with Crippen LogP contribution in [0.5, 0.6) is 11.5 Å². The molecule has 0 amide bonds. The summed E-state index contributed by atoms with van der Waals surface area (Å²) < 4.78 is 0. The molecule has 0 spiro atoms. The van der Waals surface area contributed by atoms with Crippen molar-refractivity contribution in [3.8, 4) is 11.5 Å². The minimum absolute atomic E-state index is 0.124. The van der Waals surface area contributed by atoms with Crippen molar-refractivity contribution in [2.45, 2.75) is 0 Å². The Balaban J connectivity index is 2.77. The molecular formula is C8H7N3O2. The van der Waals surface area contributed by atoms with Crippen LogP contribution in [0.4, 0.5) is 0 Å². The van der Waals surface area contributed by atoms with E-state index < -0.39 is 0 Å². The summed E-state index contributed by atoms with van der Waals surface area (Å²) in [6, 6.07) is 2.83.